The molecule has 0 aliphatic rings. The predicted molar refractivity (Wildman–Crippen MR) is 100 cm³/mol. The molecule has 1 aromatic carbocycles. The lowest BCUT2D eigenvalue weighted by Crippen LogP contribution is -2.00. The number of hydrogen-bond donors (Lipinski definition) is 1. The number of nitrogens with zero attached hydrogens (tertiary/aromatic N) is 4. The van der Waals surface area contributed by atoms with E-state index in [1.807, 2.05) is 18.2 Å². The van der Waals surface area contributed by atoms with Gasteiger partial charge in [-0.15, -0.1) is 0 Å². The first kappa shape index (κ1) is 15.7. The number of benzene rings is 1. The highest BCUT2D eigenvalue weighted by molar-refractivity contribution is 6.31. The van der Waals surface area contributed by atoms with Crippen LogP contribution in [0.5, 0.6) is 0 Å². The number of nitrogens with one attached hydrogen (secondary N) is 1. The van der Waals surface area contributed by atoms with E-state index >= 15 is 0 Å². The van der Waals surface area contributed by atoms with Gasteiger partial charge in [-0.2, -0.15) is 0 Å². The minimum Gasteiger partial charge on any atom is -0.338 e. The average molecular weight is 368 g/mol. The van der Waals surface area contributed by atoms with Crippen molar-refractivity contribution in [2.75, 3.05) is 5.32 Å². The molecule has 0 radical (unpaired) electrons. The zero-order chi connectivity index (χ0) is 17.2. The van der Waals surface area contributed by atoms with Gasteiger partial charge in [0.2, 0.25) is 0 Å². The predicted octanol–water partition coefficient (Wildman–Crippen LogP) is 5.14. The Balaban J connectivity index is 1.89. The molecule has 5 nitrogen and oxygen atoms in total. The number of halogens is 2. The molecule has 3 aromatic heterocycles. The zero-order valence-corrected chi connectivity index (χ0v) is 14.3. The monoisotopic (exact) mass is 367 g/mol. The molecule has 4 rings (SSSR count). The van der Waals surface area contributed by atoms with Gasteiger partial charge in [0.05, 0.1) is 22.4 Å². The Morgan fingerprint density at radius 3 is 2.56 bits per heavy atom. The minimum atomic E-state index is 0.541. The van der Waals surface area contributed by atoms with Gasteiger partial charge in [0.1, 0.15) is 5.82 Å². The third-order valence-corrected chi connectivity index (χ3v) is 3.99. The van der Waals surface area contributed by atoms with Crippen LogP contribution < -0.4 is 5.32 Å². The third-order valence-electron chi connectivity index (χ3n) is 3.55. The fourth-order valence-corrected chi connectivity index (χ4v) is 2.78. The number of anilines is 2. The van der Waals surface area contributed by atoms with Gasteiger partial charge in [-0.05, 0) is 36.4 Å². The van der Waals surface area contributed by atoms with Crippen molar-refractivity contribution in [3.63, 3.8) is 0 Å². The molecule has 25 heavy (non-hydrogen) atoms. The maximum absolute atomic E-state index is 6.13. The van der Waals surface area contributed by atoms with Crippen LogP contribution in [0.15, 0.2) is 61.2 Å². The van der Waals surface area contributed by atoms with E-state index in [4.69, 9.17) is 23.2 Å². The molecule has 3 heterocycles. The lowest BCUT2D eigenvalue weighted by atomic mass is 10.2. The highest BCUT2D eigenvalue weighted by Gasteiger charge is 2.11. The fraction of sp³-hybridized carbons (Fsp3) is 0. The number of hydrogen-bond acceptors (Lipinski definition) is 5. The van der Waals surface area contributed by atoms with E-state index in [-0.39, 0.29) is 0 Å². The van der Waals surface area contributed by atoms with E-state index in [2.05, 4.69) is 25.3 Å². The first-order valence-electron chi connectivity index (χ1n) is 7.44. The van der Waals surface area contributed by atoms with Crippen LogP contribution in [0.25, 0.3) is 22.3 Å². The highest BCUT2D eigenvalue weighted by atomic mass is 35.5. The van der Waals surface area contributed by atoms with Crippen molar-refractivity contribution >= 4 is 45.6 Å². The molecule has 122 valence electrons. The normalized spacial score (nSPS) is 10.8. The van der Waals surface area contributed by atoms with Crippen molar-refractivity contribution in [1.29, 1.82) is 0 Å². The molecule has 0 bridgehead atoms. The van der Waals surface area contributed by atoms with Crippen molar-refractivity contribution in [3.8, 4) is 11.4 Å². The van der Waals surface area contributed by atoms with Crippen LogP contribution in [0.4, 0.5) is 11.5 Å². The quantitative estimate of drug-likeness (QED) is 0.543. The first-order valence-corrected chi connectivity index (χ1v) is 8.20. The number of fused-ring (bicyclic) bond motifs is 1. The second-order valence-corrected chi connectivity index (χ2v) is 6.19. The first-order chi connectivity index (χ1) is 12.2. The van der Waals surface area contributed by atoms with Gasteiger partial charge in [0, 0.05) is 34.6 Å². The van der Waals surface area contributed by atoms with Crippen LogP contribution in [0.2, 0.25) is 10.0 Å². The Morgan fingerprint density at radius 2 is 1.76 bits per heavy atom. The summed E-state index contributed by atoms with van der Waals surface area (Å²) in [7, 11) is 0. The Kier molecular flexibility index (Phi) is 4.17. The third kappa shape index (κ3) is 3.38. The van der Waals surface area contributed by atoms with Gasteiger partial charge in [0.15, 0.2) is 5.82 Å². The summed E-state index contributed by atoms with van der Waals surface area (Å²) in [6, 6.07) is 11.0. The fourth-order valence-electron chi connectivity index (χ4n) is 2.44. The van der Waals surface area contributed by atoms with E-state index in [0.717, 1.165) is 22.2 Å². The van der Waals surface area contributed by atoms with E-state index in [1.54, 1.807) is 43.0 Å². The van der Waals surface area contributed by atoms with Crippen molar-refractivity contribution in [2.45, 2.75) is 0 Å². The molecule has 0 saturated carbocycles. The van der Waals surface area contributed by atoms with Crippen LogP contribution in [0, 0.1) is 0 Å². The Labute approximate surface area is 153 Å². The molecule has 0 spiro atoms. The van der Waals surface area contributed by atoms with Crippen molar-refractivity contribution in [3.05, 3.63) is 71.2 Å². The SMILES string of the molecule is Clc1cncc(Nc2nc(-c3cccnc3)nc3cc(Cl)ccc23)c1. The Bertz CT molecular complexity index is 1050. The topological polar surface area (TPSA) is 63.6 Å². The van der Waals surface area contributed by atoms with E-state index in [1.165, 1.54) is 0 Å². The molecule has 1 N–H and O–H groups in total. The second-order valence-electron chi connectivity index (χ2n) is 5.32. The number of pyridine rings is 2. The molecule has 7 heteroatoms. The summed E-state index contributed by atoms with van der Waals surface area (Å²) < 4.78 is 0. The van der Waals surface area contributed by atoms with Gasteiger partial charge < -0.3 is 5.32 Å². The van der Waals surface area contributed by atoms with Crippen LogP contribution >= 0.6 is 23.2 Å². The average Bonchev–Trinajstić information content (AvgIpc) is 2.62. The van der Waals surface area contributed by atoms with Crippen LogP contribution in [-0.4, -0.2) is 19.9 Å². The van der Waals surface area contributed by atoms with Crippen LogP contribution in [0.1, 0.15) is 0 Å². The summed E-state index contributed by atoms with van der Waals surface area (Å²) >= 11 is 12.1. The summed E-state index contributed by atoms with van der Waals surface area (Å²) in [6.07, 6.45) is 6.68. The molecule has 0 unspecified atom stereocenters. The van der Waals surface area contributed by atoms with Gasteiger partial charge in [-0.1, -0.05) is 23.2 Å². The molecular weight excluding hydrogens is 357 g/mol. The van der Waals surface area contributed by atoms with Gasteiger partial charge in [0.25, 0.3) is 0 Å². The molecule has 4 aromatic rings. The highest BCUT2D eigenvalue weighted by Crippen LogP contribution is 2.29. The largest absolute Gasteiger partial charge is 0.338 e. The van der Waals surface area contributed by atoms with Crippen molar-refractivity contribution in [2.24, 2.45) is 0 Å². The smallest absolute Gasteiger partial charge is 0.163 e. The summed E-state index contributed by atoms with van der Waals surface area (Å²) in [5.74, 6) is 1.20. The lowest BCUT2D eigenvalue weighted by molar-refractivity contribution is 1.20. The van der Waals surface area contributed by atoms with E-state index < -0.39 is 0 Å². The molecule has 0 saturated heterocycles. The van der Waals surface area contributed by atoms with Gasteiger partial charge in [-0.3, -0.25) is 9.97 Å². The maximum Gasteiger partial charge on any atom is 0.163 e. The van der Waals surface area contributed by atoms with Gasteiger partial charge in [-0.25, -0.2) is 9.97 Å². The summed E-state index contributed by atoms with van der Waals surface area (Å²) in [5.41, 5.74) is 2.29. The Hall–Kier alpha value is -2.76. The lowest BCUT2D eigenvalue weighted by Gasteiger charge is -2.11. The number of rotatable bonds is 3. The zero-order valence-electron chi connectivity index (χ0n) is 12.8. The molecule has 0 aliphatic heterocycles. The summed E-state index contributed by atoms with van der Waals surface area (Å²) in [5, 5.41) is 5.25. The summed E-state index contributed by atoms with van der Waals surface area (Å²) in [6.45, 7) is 0. The number of aromatic nitrogens is 4. The molecule has 0 atom stereocenters. The molecular formula is C18H11Cl2N5. The second kappa shape index (κ2) is 6.63. The molecule has 0 aliphatic carbocycles. The molecule has 0 fully saturated rings. The standard InChI is InChI=1S/C18H11Cl2N5/c19-12-3-4-15-16(7-12)24-17(11-2-1-5-21-8-11)25-18(15)23-14-6-13(20)9-22-10-14/h1-10H,(H,23,24,25). The maximum atomic E-state index is 6.13. The van der Waals surface area contributed by atoms with Gasteiger partial charge >= 0.3 is 0 Å². The van der Waals surface area contributed by atoms with Crippen LogP contribution in [-0.2, 0) is 0 Å². The molecule has 0 amide bonds. The van der Waals surface area contributed by atoms with Crippen LogP contribution in [0.3, 0.4) is 0 Å². The van der Waals surface area contributed by atoms with E-state index in [9.17, 15) is 0 Å². The van der Waals surface area contributed by atoms with Crippen molar-refractivity contribution < 1.29 is 0 Å². The van der Waals surface area contributed by atoms with E-state index in [0.29, 0.717) is 21.7 Å². The summed E-state index contributed by atoms with van der Waals surface area (Å²) in [4.78, 5) is 17.5. The Morgan fingerprint density at radius 1 is 0.840 bits per heavy atom. The van der Waals surface area contributed by atoms with Crippen molar-refractivity contribution in [1.82, 2.24) is 19.9 Å². The minimum absolute atomic E-state index is 0.541.